The molecule has 3 rings (SSSR count). The Bertz CT molecular complexity index is 797. The maximum atomic E-state index is 13.6. The van der Waals surface area contributed by atoms with E-state index in [0.29, 0.717) is 18.2 Å². The number of hydrogen-bond donors (Lipinski definition) is 2. The highest BCUT2D eigenvalue weighted by Gasteiger charge is 2.34. The number of ether oxygens (including phenoxy) is 1. The maximum Gasteiger partial charge on any atom is 0.412 e. The second-order valence-electron chi connectivity index (χ2n) is 9.80. The SMILES string of the molecule is CCOC(=O)NC(=NC(CC1CCCCC1)C(=O)NC1(C)CCN(C)CC1)c1ccccc1. The van der Waals surface area contributed by atoms with E-state index in [2.05, 4.69) is 29.5 Å². The van der Waals surface area contributed by atoms with Crippen LogP contribution >= 0.6 is 0 Å². The molecule has 7 nitrogen and oxygen atoms in total. The number of rotatable bonds is 7. The highest BCUT2D eigenvalue weighted by Crippen LogP contribution is 2.29. The van der Waals surface area contributed by atoms with Crippen molar-refractivity contribution in [2.24, 2.45) is 10.9 Å². The Hall–Kier alpha value is -2.41. The zero-order valence-electron chi connectivity index (χ0n) is 20.4. The van der Waals surface area contributed by atoms with Crippen molar-refractivity contribution in [2.45, 2.75) is 76.8 Å². The normalized spacial score (nSPS) is 20.6. The number of aliphatic imine (C=N–C) groups is 1. The average Bonchev–Trinajstić information content (AvgIpc) is 2.81. The zero-order valence-corrected chi connectivity index (χ0v) is 20.4. The van der Waals surface area contributed by atoms with Gasteiger partial charge in [0.2, 0.25) is 5.91 Å². The van der Waals surface area contributed by atoms with E-state index < -0.39 is 12.1 Å². The Labute approximate surface area is 198 Å². The monoisotopic (exact) mass is 456 g/mol. The van der Waals surface area contributed by atoms with E-state index in [4.69, 9.17) is 9.73 Å². The minimum Gasteiger partial charge on any atom is -0.450 e. The lowest BCUT2D eigenvalue weighted by molar-refractivity contribution is -0.125. The Morgan fingerprint density at radius 2 is 1.82 bits per heavy atom. The molecule has 2 aliphatic rings. The van der Waals surface area contributed by atoms with Crippen LogP contribution in [0.2, 0.25) is 0 Å². The van der Waals surface area contributed by atoms with Crippen LogP contribution in [0, 0.1) is 5.92 Å². The average molecular weight is 457 g/mol. The van der Waals surface area contributed by atoms with E-state index in [-0.39, 0.29) is 18.1 Å². The molecule has 33 heavy (non-hydrogen) atoms. The van der Waals surface area contributed by atoms with E-state index in [1.165, 1.54) is 19.3 Å². The lowest BCUT2D eigenvalue weighted by atomic mass is 9.84. The van der Waals surface area contributed by atoms with Gasteiger partial charge in [-0.15, -0.1) is 0 Å². The second kappa shape index (κ2) is 12.2. The molecule has 1 aliphatic carbocycles. The van der Waals surface area contributed by atoms with Gasteiger partial charge in [-0.05, 0) is 46.1 Å². The van der Waals surface area contributed by atoms with Gasteiger partial charge >= 0.3 is 6.09 Å². The number of benzene rings is 1. The predicted molar refractivity (Wildman–Crippen MR) is 131 cm³/mol. The number of amidine groups is 1. The van der Waals surface area contributed by atoms with Crippen molar-refractivity contribution >= 4 is 17.8 Å². The molecule has 1 unspecified atom stereocenters. The van der Waals surface area contributed by atoms with Gasteiger partial charge in [0.15, 0.2) is 0 Å². The number of amides is 2. The first-order valence-electron chi connectivity index (χ1n) is 12.5. The number of hydrogen-bond acceptors (Lipinski definition) is 5. The summed E-state index contributed by atoms with van der Waals surface area (Å²) in [5.74, 6) is 0.813. The molecule has 1 aromatic rings. The molecule has 1 saturated heterocycles. The third-order valence-electron chi connectivity index (χ3n) is 6.93. The van der Waals surface area contributed by atoms with E-state index >= 15 is 0 Å². The highest BCUT2D eigenvalue weighted by atomic mass is 16.5. The summed E-state index contributed by atoms with van der Waals surface area (Å²) < 4.78 is 5.10. The summed E-state index contributed by atoms with van der Waals surface area (Å²) in [6.45, 7) is 6.10. The fourth-order valence-corrected chi connectivity index (χ4v) is 4.77. The van der Waals surface area contributed by atoms with Gasteiger partial charge in [0, 0.05) is 24.2 Å². The second-order valence-corrected chi connectivity index (χ2v) is 9.80. The topological polar surface area (TPSA) is 83.0 Å². The summed E-state index contributed by atoms with van der Waals surface area (Å²) in [7, 11) is 2.12. The van der Waals surface area contributed by atoms with Crippen LogP contribution in [-0.2, 0) is 9.53 Å². The van der Waals surface area contributed by atoms with Crippen molar-refractivity contribution in [3.05, 3.63) is 35.9 Å². The molecule has 7 heteroatoms. The van der Waals surface area contributed by atoms with E-state index in [1.54, 1.807) is 6.92 Å². The molecule has 0 aromatic heterocycles. The summed E-state index contributed by atoms with van der Waals surface area (Å²) in [5, 5.41) is 6.10. The van der Waals surface area contributed by atoms with Crippen molar-refractivity contribution < 1.29 is 14.3 Å². The van der Waals surface area contributed by atoms with Gasteiger partial charge < -0.3 is 15.0 Å². The van der Waals surface area contributed by atoms with Gasteiger partial charge in [0.25, 0.3) is 0 Å². The van der Waals surface area contributed by atoms with Crippen molar-refractivity contribution in [2.75, 3.05) is 26.7 Å². The number of likely N-dealkylation sites (tertiary alicyclic amines) is 1. The van der Waals surface area contributed by atoms with Gasteiger partial charge in [0.1, 0.15) is 11.9 Å². The van der Waals surface area contributed by atoms with Gasteiger partial charge in [-0.1, -0.05) is 62.4 Å². The molecule has 1 saturated carbocycles. The first-order chi connectivity index (χ1) is 15.9. The standard InChI is InChI=1S/C26H40N4O3/c1-4-33-25(32)28-23(21-13-9-6-10-14-21)27-22(19-20-11-7-5-8-12-20)24(31)29-26(2)15-17-30(3)18-16-26/h6,9-10,13-14,20,22H,4-5,7-8,11-12,15-19H2,1-3H3,(H,29,31)(H,27,28,32). The number of carbonyl (C=O) groups is 2. The number of nitrogens with one attached hydrogen (secondary N) is 2. The van der Waals surface area contributed by atoms with E-state index in [0.717, 1.165) is 44.3 Å². The van der Waals surface area contributed by atoms with Crippen molar-refractivity contribution in [1.29, 1.82) is 0 Å². The highest BCUT2D eigenvalue weighted by molar-refractivity contribution is 6.07. The number of alkyl carbamates (subject to hydrolysis) is 1. The Morgan fingerprint density at radius 1 is 1.15 bits per heavy atom. The Morgan fingerprint density at radius 3 is 2.45 bits per heavy atom. The van der Waals surface area contributed by atoms with Crippen LogP contribution in [0.3, 0.4) is 0 Å². The van der Waals surface area contributed by atoms with Crippen molar-refractivity contribution in [3.63, 3.8) is 0 Å². The number of piperidine rings is 1. The molecule has 2 amide bonds. The van der Waals surface area contributed by atoms with E-state index in [9.17, 15) is 9.59 Å². The van der Waals surface area contributed by atoms with Crippen LogP contribution in [0.1, 0.15) is 70.8 Å². The molecule has 2 fully saturated rings. The van der Waals surface area contributed by atoms with Crippen LogP contribution in [0.15, 0.2) is 35.3 Å². The molecule has 1 atom stereocenters. The molecular weight excluding hydrogens is 416 g/mol. The molecule has 0 bridgehead atoms. The van der Waals surface area contributed by atoms with Crippen LogP contribution in [0.5, 0.6) is 0 Å². The molecular formula is C26H40N4O3. The molecule has 1 heterocycles. The van der Waals surface area contributed by atoms with Gasteiger partial charge in [0.05, 0.1) is 6.61 Å². The van der Waals surface area contributed by atoms with Gasteiger partial charge in [-0.25, -0.2) is 4.79 Å². The fraction of sp³-hybridized carbons (Fsp3) is 0.654. The summed E-state index contributed by atoms with van der Waals surface area (Å²) in [5.41, 5.74) is 0.531. The van der Waals surface area contributed by atoms with E-state index in [1.807, 2.05) is 30.3 Å². The zero-order chi connectivity index (χ0) is 23.7. The van der Waals surface area contributed by atoms with Crippen molar-refractivity contribution in [3.8, 4) is 0 Å². The number of nitrogens with zero attached hydrogens (tertiary/aromatic N) is 2. The fourth-order valence-electron chi connectivity index (χ4n) is 4.77. The summed E-state index contributed by atoms with van der Waals surface area (Å²) in [6, 6.07) is 8.93. The Balaban J connectivity index is 1.85. The minimum absolute atomic E-state index is 0.0493. The largest absolute Gasteiger partial charge is 0.450 e. The summed E-state index contributed by atoms with van der Waals surface area (Å²) >= 11 is 0. The first kappa shape index (κ1) is 25.2. The molecule has 1 aromatic carbocycles. The molecule has 2 N–H and O–H groups in total. The third-order valence-corrected chi connectivity index (χ3v) is 6.93. The van der Waals surface area contributed by atoms with Crippen LogP contribution in [-0.4, -0.2) is 61.1 Å². The van der Waals surface area contributed by atoms with Gasteiger partial charge in [-0.3, -0.25) is 15.1 Å². The number of carbonyl (C=O) groups excluding carboxylic acids is 2. The molecule has 1 aliphatic heterocycles. The summed E-state index contributed by atoms with van der Waals surface area (Å²) in [6.07, 6.45) is 7.92. The first-order valence-corrected chi connectivity index (χ1v) is 12.5. The summed E-state index contributed by atoms with van der Waals surface area (Å²) in [4.78, 5) is 33.0. The molecule has 0 radical (unpaired) electrons. The third kappa shape index (κ3) is 7.84. The Kier molecular flexibility index (Phi) is 9.30. The predicted octanol–water partition coefficient (Wildman–Crippen LogP) is 4.12. The van der Waals surface area contributed by atoms with Crippen molar-refractivity contribution in [1.82, 2.24) is 15.5 Å². The minimum atomic E-state index is -0.556. The maximum absolute atomic E-state index is 13.6. The molecule has 0 spiro atoms. The van der Waals surface area contributed by atoms with Crippen LogP contribution in [0.4, 0.5) is 4.79 Å². The van der Waals surface area contributed by atoms with Gasteiger partial charge in [-0.2, -0.15) is 0 Å². The molecule has 182 valence electrons. The quantitative estimate of drug-likeness (QED) is 0.478. The lowest BCUT2D eigenvalue weighted by Crippen LogP contribution is -2.55. The van der Waals surface area contributed by atoms with Crippen LogP contribution in [0.25, 0.3) is 0 Å². The lowest BCUT2D eigenvalue weighted by Gasteiger charge is -2.39. The van der Waals surface area contributed by atoms with Crippen LogP contribution < -0.4 is 10.6 Å². The smallest absolute Gasteiger partial charge is 0.412 e.